The van der Waals surface area contributed by atoms with Crippen LogP contribution in [0.15, 0.2) is 58.3 Å². The van der Waals surface area contributed by atoms with Crippen LogP contribution in [0.3, 0.4) is 0 Å². The second kappa shape index (κ2) is 5.18. The Hall–Kier alpha value is -1.26. The molecule has 2 aromatic rings. The molecule has 2 heterocycles. The van der Waals surface area contributed by atoms with E-state index in [1.54, 1.807) is 0 Å². The van der Waals surface area contributed by atoms with Gasteiger partial charge in [-0.25, -0.2) is 0 Å². The van der Waals surface area contributed by atoms with Gasteiger partial charge in [0.1, 0.15) is 0 Å². The van der Waals surface area contributed by atoms with Gasteiger partial charge in [-0.2, -0.15) is 0 Å². The fraction of sp³-hybridized carbons (Fsp3) is 0.294. The van der Waals surface area contributed by atoms with E-state index in [0.717, 1.165) is 6.42 Å². The van der Waals surface area contributed by atoms with Crippen molar-refractivity contribution in [2.24, 2.45) is 0 Å². The first-order valence-corrected chi connectivity index (χ1v) is 8.97. The maximum absolute atomic E-state index is 2.43. The van der Waals surface area contributed by atoms with Crippen LogP contribution < -0.4 is 9.80 Å². The fourth-order valence-electron chi connectivity index (χ4n) is 3.04. The summed E-state index contributed by atoms with van der Waals surface area (Å²) in [7, 11) is 4.44. The summed E-state index contributed by atoms with van der Waals surface area (Å²) in [5, 5.41) is 1.05. The predicted molar refractivity (Wildman–Crippen MR) is 93.6 cm³/mol. The summed E-state index contributed by atoms with van der Waals surface area (Å²) in [6.45, 7) is 0. The molecule has 2 unspecified atom stereocenters. The van der Waals surface area contributed by atoms with E-state index in [4.69, 9.17) is 0 Å². The largest absolute Gasteiger partial charge is 0.361 e. The average Bonchev–Trinajstić information content (AvgIpc) is 2.99. The van der Waals surface area contributed by atoms with E-state index in [1.807, 2.05) is 23.5 Å². The van der Waals surface area contributed by atoms with Crippen LogP contribution in [-0.4, -0.2) is 24.8 Å². The highest BCUT2D eigenvalue weighted by Gasteiger charge is 2.34. The Bertz CT molecular complexity index is 616. The third-order valence-corrected chi connectivity index (χ3v) is 7.04. The van der Waals surface area contributed by atoms with Crippen molar-refractivity contribution in [2.75, 3.05) is 23.9 Å². The Labute approximate surface area is 134 Å². The molecule has 2 nitrogen and oxygen atoms in total. The molecule has 2 aromatic carbocycles. The van der Waals surface area contributed by atoms with Gasteiger partial charge in [0, 0.05) is 30.3 Å². The molecule has 0 radical (unpaired) electrons. The lowest BCUT2D eigenvalue weighted by Crippen LogP contribution is -2.33. The number of nitrogens with zero attached hydrogens (tertiary/aromatic N) is 2. The van der Waals surface area contributed by atoms with Crippen molar-refractivity contribution < 1.29 is 0 Å². The van der Waals surface area contributed by atoms with Crippen molar-refractivity contribution in [1.82, 2.24) is 0 Å². The number of benzene rings is 2. The summed E-state index contributed by atoms with van der Waals surface area (Å²) in [6, 6.07) is 17.4. The highest BCUT2D eigenvalue weighted by molar-refractivity contribution is 8.01. The minimum Gasteiger partial charge on any atom is -0.361 e. The molecule has 2 aliphatic rings. The first-order chi connectivity index (χ1) is 10.2. The molecule has 21 heavy (non-hydrogen) atoms. The van der Waals surface area contributed by atoms with Crippen molar-refractivity contribution in [2.45, 2.75) is 27.0 Å². The molecule has 2 aliphatic heterocycles. The number of para-hydroxylation sites is 2. The minimum atomic E-state index is 0.525. The summed E-state index contributed by atoms with van der Waals surface area (Å²) >= 11 is 4.00. The van der Waals surface area contributed by atoms with Gasteiger partial charge in [0.05, 0.1) is 22.1 Å². The Kier molecular flexibility index (Phi) is 3.31. The van der Waals surface area contributed by atoms with E-state index >= 15 is 0 Å². The Morgan fingerprint density at radius 1 is 0.762 bits per heavy atom. The van der Waals surface area contributed by atoms with Crippen LogP contribution in [0.25, 0.3) is 0 Å². The molecule has 4 heteroatoms. The lowest BCUT2D eigenvalue weighted by atomic mass is 10.2. The number of hydrogen-bond acceptors (Lipinski definition) is 4. The first kappa shape index (κ1) is 13.4. The molecule has 0 bridgehead atoms. The minimum absolute atomic E-state index is 0.525. The van der Waals surface area contributed by atoms with Crippen LogP contribution in [-0.2, 0) is 0 Å². The van der Waals surface area contributed by atoms with Gasteiger partial charge in [0.2, 0.25) is 0 Å². The van der Waals surface area contributed by atoms with Gasteiger partial charge in [-0.05, 0) is 24.3 Å². The highest BCUT2D eigenvalue weighted by Crippen LogP contribution is 2.49. The Morgan fingerprint density at radius 2 is 1.19 bits per heavy atom. The molecule has 0 aliphatic carbocycles. The fourth-order valence-corrected chi connectivity index (χ4v) is 5.83. The van der Waals surface area contributed by atoms with E-state index in [2.05, 4.69) is 72.4 Å². The third kappa shape index (κ3) is 2.21. The lowest BCUT2D eigenvalue weighted by molar-refractivity contribution is 0.705. The number of anilines is 2. The quantitative estimate of drug-likeness (QED) is 0.804. The topological polar surface area (TPSA) is 6.48 Å². The standard InChI is InChI=1S/C17H18N2S2/c1-18-12-7-3-5-9-14(12)20-16(18)11-17-19(2)13-8-4-6-10-15(13)21-17/h3-10,16-17H,11H2,1-2H3. The van der Waals surface area contributed by atoms with E-state index in [1.165, 1.54) is 21.2 Å². The molecule has 0 spiro atoms. The molecule has 0 saturated heterocycles. The summed E-state index contributed by atoms with van der Waals surface area (Å²) in [6.07, 6.45) is 1.16. The molecule has 108 valence electrons. The zero-order valence-electron chi connectivity index (χ0n) is 12.2. The van der Waals surface area contributed by atoms with Crippen LogP contribution in [0.4, 0.5) is 11.4 Å². The van der Waals surface area contributed by atoms with Gasteiger partial charge in [-0.15, -0.1) is 0 Å². The lowest BCUT2D eigenvalue weighted by Gasteiger charge is -2.28. The van der Waals surface area contributed by atoms with E-state index in [0.29, 0.717) is 10.7 Å². The van der Waals surface area contributed by atoms with Crippen LogP contribution in [0, 0.1) is 0 Å². The molecule has 0 aromatic heterocycles. The van der Waals surface area contributed by atoms with Gasteiger partial charge >= 0.3 is 0 Å². The summed E-state index contributed by atoms with van der Waals surface area (Å²) in [5.74, 6) is 0. The normalized spacial score (nSPS) is 23.3. The highest BCUT2D eigenvalue weighted by atomic mass is 32.2. The smallest absolute Gasteiger partial charge is 0.0822 e. The first-order valence-electron chi connectivity index (χ1n) is 7.21. The molecule has 0 saturated carbocycles. The number of thioether (sulfide) groups is 2. The van der Waals surface area contributed by atoms with Crippen LogP contribution in [0.1, 0.15) is 6.42 Å². The van der Waals surface area contributed by atoms with E-state index in [9.17, 15) is 0 Å². The molecular formula is C17H18N2S2. The second-order valence-electron chi connectivity index (χ2n) is 5.54. The molecular weight excluding hydrogens is 296 g/mol. The predicted octanol–water partition coefficient (Wildman–Crippen LogP) is 4.51. The van der Waals surface area contributed by atoms with Gasteiger partial charge in [-0.1, -0.05) is 47.8 Å². The van der Waals surface area contributed by atoms with Crippen molar-refractivity contribution in [3.05, 3.63) is 48.5 Å². The molecule has 0 N–H and O–H groups in total. The summed E-state index contributed by atoms with van der Waals surface area (Å²) in [5.41, 5.74) is 2.74. The Balaban J connectivity index is 1.52. The number of rotatable bonds is 2. The van der Waals surface area contributed by atoms with Crippen LogP contribution in [0.2, 0.25) is 0 Å². The van der Waals surface area contributed by atoms with Gasteiger partial charge in [0.15, 0.2) is 0 Å². The molecule has 0 amide bonds. The maximum atomic E-state index is 2.43. The monoisotopic (exact) mass is 314 g/mol. The van der Waals surface area contributed by atoms with Crippen LogP contribution in [0.5, 0.6) is 0 Å². The zero-order valence-corrected chi connectivity index (χ0v) is 13.8. The molecule has 4 rings (SSSR count). The van der Waals surface area contributed by atoms with Gasteiger partial charge in [0.25, 0.3) is 0 Å². The van der Waals surface area contributed by atoms with Crippen molar-refractivity contribution in [3.8, 4) is 0 Å². The number of hydrogen-bond donors (Lipinski definition) is 0. The summed E-state index contributed by atoms with van der Waals surface area (Å²) < 4.78 is 0. The van der Waals surface area contributed by atoms with Crippen LogP contribution >= 0.6 is 23.5 Å². The van der Waals surface area contributed by atoms with Crippen molar-refractivity contribution >= 4 is 34.9 Å². The summed E-state index contributed by atoms with van der Waals surface area (Å²) in [4.78, 5) is 7.68. The SMILES string of the molecule is CN1c2ccccc2SC1CC1Sc2ccccc2N1C. The van der Waals surface area contributed by atoms with E-state index < -0.39 is 0 Å². The zero-order chi connectivity index (χ0) is 14.4. The molecule has 0 fully saturated rings. The third-order valence-electron chi connectivity index (χ3n) is 4.28. The Morgan fingerprint density at radius 3 is 1.62 bits per heavy atom. The van der Waals surface area contributed by atoms with Crippen molar-refractivity contribution in [3.63, 3.8) is 0 Å². The number of fused-ring (bicyclic) bond motifs is 2. The van der Waals surface area contributed by atoms with Gasteiger partial charge in [-0.3, -0.25) is 0 Å². The van der Waals surface area contributed by atoms with Crippen molar-refractivity contribution in [1.29, 1.82) is 0 Å². The van der Waals surface area contributed by atoms with E-state index in [-0.39, 0.29) is 0 Å². The maximum Gasteiger partial charge on any atom is 0.0822 e. The van der Waals surface area contributed by atoms with Gasteiger partial charge < -0.3 is 9.80 Å². The second-order valence-corrected chi connectivity index (χ2v) is 7.98. The molecule has 2 atom stereocenters. The average molecular weight is 314 g/mol.